The Kier molecular flexibility index (Phi) is 3.05. The standard InChI is InChI=1S/C9H13N3O2S/c1-14-9(13)12-5-3-11(4-6-12)8-10-2-7-15-8/h2,7H,3-6H2,1H3. The third-order valence-corrected chi connectivity index (χ3v) is 3.23. The molecule has 15 heavy (non-hydrogen) atoms. The van der Waals surface area contributed by atoms with Crippen molar-refractivity contribution in [2.75, 3.05) is 38.2 Å². The summed E-state index contributed by atoms with van der Waals surface area (Å²) in [6, 6.07) is 0. The lowest BCUT2D eigenvalue weighted by molar-refractivity contribution is 0.121. The van der Waals surface area contributed by atoms with Gasteiger partial charge in [0.2, 0.25) is 0 Å². The van der Waals surface area contributed by atoms with Crippen LogP contribution in [-0.2, 0) is 4.74 Å². The van der Waals surface area contributed by atoms with Gasteiger partial charge in [0.15, 0.2) is 5.13 Å². The van der Waals surface area contributed by atoms with Crippen LogP contribution in [0.2, 0.25) is 0 Å². The zero-order valence-electron chi connectivity index (χ0n) is 8.55. The van der Waals surface area contributed by atoms with Crippen LogP contribution in [0.5, 0.6) is 0 Å². The fourth-order valence-electron chi connectivity index (χ4n) is 1.58. The zero-order chi connectivity index (χ0) is 10.7. The molecular formula is C9H13N3O2S. The Morgan fingerprint density at radius 3 is 2.73 bits per heavy atom. The number of piperazine rings is 1. The molecule has 1 fully saturated rings. The summed E-state index contributed by atoms with van der Waals surface area (Å²) < 4.78 is 4.67. The Labute approximate surface area is 92.3 Å². The number of nitrogens with zero attached hydrogens (tertiary/aromatic N) is 3. The van der Waals surface area contributed by atoms with Crippen LogP contribution in [0.15, 0.2) is 11.6 Å². The predicted octanol–water partition coefficient (Wildman–Crippen LogP) is 1.03. The molecule has 1 aliphatic heterocycles. The van der Waals surface area contributed by atoms with Gasteiger partial charge in [-0.2, -0.15) is 0 Å². The molecule has 0 aliphatic carbocycles. The number of ether oxygens (including phenoxy) is 1. The van der Waals surface area contributed by atoms with Crippen LogP contribution in [0.1, 0.15) is 0 Å². The van der Waals surface area contributed by atoms with Gasteiger partial charge >= 0.3 is 6.09 Å². The van der Waals surface area contributed by atoms with E-state index in [2.05, 4.69) is 14.6 Å². The molecule has 1 saturated heterocycles. The Balaban J connectivity index is 1.90. The van der Waals surface area contributed by atoms with Crippen LogP contribution in [-0.4, -0.2) is 49.3 Å². The smallest absolute Gasteiger partial charge is 0.409 e. The molecule has 2 heterocycles. The quantitative estimate of drug-likeness (QED) is 0.719. The van der Waals surface area contributed by atoms with Crippen LogP contribution < -0.4 is 4.90 Å². The van der Waals surface area contributed by atoms with Crippen LogP contribution in [0.3, 0.4) is 0 Å². The Bertz CT molecular complexity index is 320. The maximum absolute atomic E-state index is 11.2. The molecule has 1 aromatic rings. The minimum atomic E-state index is -0.242. The molecule has 5 nitrogen and oxygen atoms in total. The van der Waals surface area contributed by atoms with E-state index < -0.39 is 0 Å². The van der Waals surface area contributed by atoms with E-state index in [4.69, 9.17) is 0 Å². The van der Waals surface area contributed by atoms with Gasteiger partial charge in [-0.3, -0.25) is 0 Å². The molecule has 0 radical (unpaired) electrons. The molecule has 0 saturated carbocycles. The fraction of sp³-hybridized carbons (Fsp3) is 0.556. The van der Waals surface area contributed by atoms with Crippen molar-refractivity contribution < 1.29 is 9.53 Å². The van der Waals surface area contributed by atoms with Gasteiger partial charge in [0.1, 0.15) is 0 Å². The van der Waals surface area contributed by atoms with Crippen LogP contribution in [0, 0.1) is 0 Å². The number of hydrogen-bond donors (Lipinski definition) is 0. The summed E-state index contributed by atoms with van der Waals surface area (Å²) in [7, 11) is 1.41. The molecule has 82 valence electrons. The lowest BCUT2D eigenvalue weighted by atomic mass is 10.3. The summed E-state index contributed by atoms with van der Waals surface area (Å²) in [6.45, 7) is 3.05. The van der Waals surface area contributed by atoms with Gasteiger partial charge in [-0.05, 0) is 0 Å². The fourth-order valence-corrected chi connectivity index (χ4v) is 2.28. The number of amides is 1. The number of rotatable bonds is 1. The van der Waals surface area contributed by atoms with Crippen LogP contribution >= 0.6 is 11.3 Å². The normalized spacial score (nSPS) is 16.6. The first-order valence-corrected chi connectivity index (χ1v) is 5.66. The van der Waals surface area contributed by atoms with Gasteiger partial charge in [-0.1, -0.05) is 0 Å². The second-order valence-corrected chi connectivity index (χ2v) is 4.13. The van der Waals surface area contributed by atoms with E-state index >= 15 is 0 Å². The van der Waals surface area contributed by atoms with E-state index in [0.29, 0.717) is 13.1 Å². The van der Waals surface area contributed by atoms with E-state index in [1.165, 1.54) is 7.11 Å². The van der Waals surface area contributed by atoms with Crippen molar-refractivity contribution in [1.29, 1.82) is 0 Å². The van der Waals surface area contributed by atoms with Crippen molar-refractivity contribution in [2.45, 2.75) is 0 Å². The largest absolute Gasteiger partial charge is 0.453 e. The molecular weight excluding hydrogens is 214 g/mol. The molecule has 1 aromatic heterocycles. The minimum absolute atomic E-state index is 0.242. The molecule has 2 rings (SSSR count). The van der Waals surface area contributed by atoms with E-state index in [0.717, 1.165) is 18.2 Å². The highest BCUT2D eigenvalue weighted by atomic mass is 32.1. The summed E-state index contributed by atoms with van der Waals surface area (Å²) in [5.41, 5.74) is 0. The maximum atomic E-state index is 11.2. The van der Waals surface area contributed by atoms with Crippen molar-refractivity contribution in [1.82, 2.24) is 9.88 Å². The predicted molar refractivity (Wildman–Crippen MR) is 58.3 cm³/mol. The number of aromatic nitrogens is 1. The van der Waals surface area contributed by atoms with Crippen molar-refractivity contribution in [3.05, 3.63) is 11.6 Å². The second-order valence-electron chi connectivity index (χ2n) is 3.26. The number of carbonyl (C=O) groups excluding carboxylic acids is 1. The van der Waals surface area contributed by atoms with Crippen molar-refractivity contribution in [3.63, 3.8) is 0 Å². The molecule has 0 aromatic carbocycles. The summed E-state index contributed by atoms with van der Waals surface area (Å²) >= 11 is 1.62. The van der Waals surface area contributed by atoms with Gasteiger partial charge in [0.25, 0.3) is 0 Å². The first-order chi connectivity index (χ1) is 7.31. The molecule has 1 aliphatic rings. The van der Waals surface area contributed by atoms with E-state index in [1.807, 2.05) is 5.38 Å². The number of anilines is 1. The highest BCUT2D eigenvalue weighted by Gasteiger charge is 2.22. The molecule has 6 heteroatoms. The topological polar surface area (TPSA) is 45.7 Å². The summed E-state index contributed by atoms with van der Waals surface area (Å²) in [6.07, 6.45) is 1.56. The van der Waals surface area contributed by atoms with Crippen LogP contribution in [0.4, 0.5) is 9.93 Å². The SMILES string of the molecule is COC(=O)N1CCN(c2nccs2)CC1. The van der Waals surface area contributed by atoms with Gasteiger partial charge < -0.3 is 14.5 Å². The third kappa shape index (κ3) is 2.20. The second kappa shape index (κ2) is 4.48. The van der Waals surface area contributed by atoms with Gasteiger partial charge in [-0.25, -0.2) is 9.78 Å². The summed E-state index contributed by atoms with van der Waals surface area (Å²) in [5, 5.41) is 2.99. The lowest BCUT2D eigenvalue weighted by Gasteiger charge is -2.33. The first-order valence-electron chi connectivity index (χ1n) is 4.78. The number of hydrogen-bond acceptors (Lipinski definition) is 5. The van der Waals surface area contributed by atoms with Gasteiger partial charge in [0, 0.05) is 37.8 Å². The average Bonchev–Trinajstić information content (AvgIpc) is 2.82. The first kappa shape index (κ1) is 10.2. The van der Waals surface area contributed by atoms with Crippen LogP contribution in [0.25, 0.3) is 0 Å². The Morgan fingerprint density at radius 2 is 2.20 bits per heavy atom. The van der Waals surface area contributed by atoms with E-state index in [1.54, 1.807) is 22.4 Å². The Hall–Kier alpha value is -1.30. The van der Waals surface area contributed by atoms with Crippen molar-refractivity contribution in [3.8, 4) is 0 Å². The zero-order valence-corrected chi connectivity index (χ0v) is 9.37. The maximum Gasteiger partial charge on any atom is 0.409 e. The van der Waals surface area contributed by atoms with Crippen molar-refractivity contribution in [2.24, 2.45) is 0 Å². The molecule has 0 atom stereocenters. The van der Waals surface area contributed by atoms with Gasteiger partial charge in [0.05, 0.1) is 7.11 Å². The highest BCUT2D eigenvalue weighted by molar-refractivity contribution is 7.13. The minimum Gasteiger partial charge on any atom is -0.453 e. The molecule has 0 bridgehead atoms. The molecule has 0 N–H and O–H groups in total. The summed E-state index contributed by atoms with van der Waals surface area (Å²) in [5.74, 6) is 0. The molecule has 0 unspecified atom stereocenters. The van der Waals surface area contributed by atoms with E-state index in [-0.39, 0.29) is 6.09 Å². The number of carbonyl (C=O) groups is 1. The summed E-state index contributed by atoms with van der Waals surface area (Å²) in [4.78, 5) is 19.4. The third-order valence-electron chi connectivity index (χ3n) is 2.40. The van der Waals surface area contributed by atoms with Crippen molar-refractivity contribution >= 4 is 22.6 Å². The molecule has 1 amide bonds. The van der Waals surface area contributed by atoms with E-state index in [9.17, 15) is 4.79 Å². The lowest BCUT2D eigenvalue weighted by Crippen LogP contribution is -2.48. The highest BCUT2D eigenvalue weighted by Crippen LogP contribution is 2.18. The average molecular weight is 227 g/mol. The monoisotopic (exact) mass is 227 g/mol. The van der Waals surface area contributed by atoms with Gasteiger partial charge in [-0.15, -0.1) is 11.3 Å². The Morgan fingerprint density at radius 1 is 1.47 bits per heavy atom. The molecule has 0 spiro atoms. The number of thiazole rings is 1. The number of methoxy groups -OCH3 is 1.